The molecule has 0 radical (unpaired) electrons. The molecule has 0 bridgehead atoms. The monoisotopic (exact) mass is 169 g/mol. The van der Waals surface area contributed by atoms with Gasteiger partial charge in [0.15, 0.2) is 0 Å². The van der Waals surface area contributed by atoms with Crippen molar-refractivity contribution in [1.29, 1.82) is 0 Å². The predicted octanol–water partition coefficient (Wildman–Crippen LogP) is 2.10. The van der Waals surface area contributed by atoms with Crippen molar-refractivity contribution < 1.29 is 4.79 Å². The fourth-order valence-corrected chi connectivity index (χ4v) is 1.29. The largest absolute Gasteiger partial charge is 0.369 e. The maximum Gasteiger partial charge on any atom is 0.220 e. The van der Waals surface area contributed by atoms with Crippen molar-refractivity contribution in [3.63, 3.8) is 0 Å². The van der Waals surface area contributed by atoms with E-state index in [4.69, 9.17) is 5.73 Å². The van der Waals surface area contributed by atoms with Gasteiger partial charge in [0.05, 0.1) is 0 Å². The standard InChI is InChI=1S/C10H19NO/c1-4-5-6-7-9(8(2)3)10(11)12/h4,8-9H,1,5-7H2,2-3H3,(H2,11,12). The fourth-order valence-electron chi connectivity index (χ4n) is 1.29. The smallest absolute Gasteiger partial charge is 0.220 e. The molecule has 12 heavy (non-hydrogen) atoms. The molecule has 0 aromatic carbocycles. The van der Waals surface area contributed by atoms with Crippen LogP contribution in [0.15, 0.2) is 12.7 Å². The van der Waals surface area contributed by atoms with E-state index in [9.17, 15) is 4.79 Å². The van der Waals surface area contributed by atoms with E-state index in [1.165, 1.54) is 0 Å². The van der Waals surface area contributed by atoms with Crippen LogP contribution in [0.2, 0.25) is 0 Å². The van der Waals surface area contributed by atoms with E-state index in [0.717, 1.165) is 19.3 Å². The predicted molar refractivity (Wildman–Crippen MR) is 51.6 cm³/mol. The maximum absolute atomic E-state index is 10.9. The van der Waals surface area contributed by atoms with E-state index in [2.05, 4.69) is 6.58 Å². The molecule has 2 nitrogen and oxygen atoms in total. The Hall–Kier alpha value is -0.790. The van der Waals surface area contributed by atoms with Crippen LogP contribution in [-0.2, 0) is 4.79 Å². The summed E-state index contributed by atoms with van der Waals surface area (Å²) >= 11 is 0. The summed E-state index contributed by atoms with van der Waals surface area (Å²) in [5, 5.41) is 0. The van der Waals surface area contributed by atoms with Gasteiger partial charge in [-0.3, -0.25) is 4.79 Å². The third-order valence-electron chi connectivity index (χ3n) is 2.09. The van der Waals surface area contributed by atoms with Gasteiger partial charge in [-0.2, -0.15) is 0 Å². The number of hydrogen-bond donors (Lipinski definition) is 1. The molecule has 1 atom stereocenters. The van der Waals surface area contributed by atoms with E-state index >= 15 is 0 Å². The molecule has 2 heteroatoms. The van der Waals surface area contributed by atoms with Crippen molar-refractivity contribution in [1.82, 2.24) is 0 Å². The summed E-state index contributed by atoms with van der Waals surface area (Å²) in [6.45, 7) is 7.69. The Bertz CT molecular complexity index is 152. The second kappa shape index (κ2) is 5.81. The van der Waals surface area contributed by atoms with Crippen molar-refractivity contribution in [3.8, 4) is 0 Å². The topological polar surface area (TPSA) is 43.1 Å². The second-order valence-corrected chi connectivity index (χ2v) is 3.47. The zero-order chi connectivity index (χ0) is 9.56. The molecule has 70 valence electrons. The molecule has 0 saturated heterocycles. The van der Waals surface area contributed by atoms with Gasteiger partial charge in [0.25, 0.3) is 0 Å². The highest BCUT2D eigenvalue weighted by atomic mass is 16.1. The van der Waals surface area contributed by atoms with Crippen LogP contribution in [-0.4, -0.2) is 5.91 Å². The number of primary amides is 1. The molecular formula is C10H19NO. The minimum atomic E-state index is -0.172. The highest BCUT2D eigenvalue weighted by Crippen LogP contribution is 2.17. The van der Waals surface area contributed by atoms with Gasteiger partial charge in [-0.1, -0.05) is 19.9 Å². The van der Waals surface area contributed by atoms with Crippen LogP contribution < -0.4 is 5.73 Å². The van der Waals surface area contributed by atoms with Crippen molar-refractivity contribution >= 4 is 5.91 Å². The van der Waals surface area contributed by atoms with E-state index in [1.54, 1.807) is 0 Å². The van der Waals surface area contributed by atoms with Gasteiger partial charge in [-0.05, 0) is 25.2 Å². The number of rotatable bonds is 6. The molecule has 0 saturated carbocycles. The lowest BCUT2D eigenvalue weighted by atomic mass is 9.90. The van der Waals surface area contributed by atoms with E-state index < -0.39 is 0 Å². The first-order chi connectivity index (χ1) is 5.59. The molecule has 0 fully saturated rings. The molecule has 1 amide bonds. The average Bonchev–Trinajstić information content (AvgIpc) is 1.96. The summed E-state index contributed by atoms with van der Waals surface area (Å²) < 4.78 is 0. The summed E-state index contributed by atoms with van der Waals surface area (Å²) in [7, 11) is 0. The lowest BCUT2D eigenvalue weighted by Crippen LogP contribution is -2.27. The average molecular weight is 169 g/mol. The van der Waals surface area contributed by atoms with Crippen molar-refractivity contribution in [2.75, 3.05) is 0 Å². The molecule has 0 rings (SSSR count). The third-order valence-corrected chi connectivity index (χ3v) is 2.09. The summed E-state index contributed by atoms with van der Waals surface area (Å²) in [6, 6.07) is 0. The fraction of sp³-hybridized carbons (Fsp3) is 0.700. The lowest BCUT2D eigenvalue weighted by Gasteiger charge is -2.16. The van der Waals surface area contributed by atoms with Gasteiger partial charge in [-0.25, -0.2) is 0 Å². The Morgan fingerprint density at radius 2 is 2.17 bits per heavy atom. The van der Waals surface area contributed by atoms with Gasteiger partial charge in [0, 0.05) is 5.92 Å². The minimum absolute atomic E-state index is 0.0324. The molecule has 0 aromatic rings. The van der Waals surface area contributed by atoms with Gasteiger partial charge in [0.1, 0.15) is 0 Å². The van der Waals surface area contributed by atoms with E-state index in [-0.39, 0.29) is 11.8 Å². The van der Waals surface area contributed by atoms with Crippen LogP contribution >= 0.6 is 0 Å². The van der Waals surface area contributed by atoms with Crippen LogP contribution in [0.4, 0.5) is 0 Å². The molecule has 0 aliphatic carbocycles. The molecule has 0 heterocycles. The number of carbonyl (C=O) groups excluding carboxylic acids is 1. The Morgan fingerprint density at radius 3 is 2.50 bits per heavy atom. The quantitative estimate of drug-likeness (QED) is 0.480. The Kier molecular flexibility index (Phi) is 5.43. The minimum Gasteiger partial charge on any atom is -0.369 e. The first-order valence-corrected chi connectivity index (χ1v) is 4.49. The zero-order valence-electron chi connectivity index (χ0n) is 8.05. The summed E-state index contributed by atoms with van der Waals surface area (Å²) in [5.41, 5.74) is 5.26. The highest BCUT2D eigenvalue weighted by Gasteiger charge is 2.17. The van der Waals surface area contributed by atoms with Crippen LogP contribution in [0.25, 0.3) is 0 Å². The number of carbonyl (C=O) groups is 1. The van der Waals surface area contributed by atoms with Crippen LogP contribution in [0, 0.1) is 11.8 Å². The summed E-state index contributed by atoms with van der Waals surface area (Å²) in [4.78, 5) is 10.9. The molecule has 0 aromatic heterocycles. The molecule has 2 N–H and O–H groups in total. The molecule has 0 aliphatic heterocycles. The van der Waals surface area contributed by atoms with Crippen molar-refractivity contribution in [2.45, 2.75) is 33.1 Å². The SMILES string of the molecule is C=CCCCC(C(N)=O)C(C)C. The second-order valence-electron chi connectivity index (χ2n) is 3.47. The number of unbranched alkanes of at least 4 members (excludes halogenated alkanes) is 1. The molecule has 0 aliphatic rings. The first-order valence-electron chi connectivity index (χ1n) is 4.49. The number of nitrogens with two attached hydrogens (primary N) is 1. The number of allylic oxidation sites excluding steroid dienone is 1. The Morgan fingerprint density at radius 1 is 1.58 bits per heavy atom. The first kappa shape index (κ1) is 11.2. The lowest BCUT2D eigenvalue weighted by molar-refractivity contribution is -0.123. The molecule has 0 spiro atoms. The summed E-state index contributed by atoms with van der Waals surface area (Å²) in [6.07, 6.45) is 4.74. The van der Waals surface area contributed by atoms with Crippen molar-refractivity contribution in [3.05, 3.63) is 12.7 Å². The third kappa shape index (κ3) is 4.16. The van der Waals surface area contributed by atoms with Gasteiger partial charge in [-0.15, -0.1) is 6.58 Å². The van der Waals surface area contributed by atoms with Crippen LogP contribution in [0.5, 0.6) is 0 Å². The highest BCUT2D eigenvalue weighted by molar-refractivity contribution is 5.76. The van der Waals surface area contributed by atoms with Crippen molar-refractivity contribution in [2.24, 2.45) is 17.6 Å². The normalized spacial score (nSPS) is 12.9. The van der Waals surface area contributed by atoms with E-state index in [0.29, 0.717) is 5.92 Å². The Labute approximate surface area is 74.8 Å². The number of hydrogen-bond acceptors (Lipinski definition) is 1. The molecular weight excluding hydrogens is 150 g/mol. The molecule has 1 unspecified atom stereocenters. The zero-order valence-corrected chi connectivity index (χ0v) is 8.05. The number of amides is 1. The van der Waals surface area contributed by atoms with Crippen LogP contribution in [0.3, 0.4) is 0 Å². The van der Waals surface area contributed by atoms with Gasteiger partial charge in [0.2, 0.25) is 5.91 Å². The maximum atomic E-state index is 10.9. The van der Waals surface area contributed by atoms with E-state index in [1.807, 2.05) is 19.9 Å². The summed E-state index contributed by atoms with van der Waals surface area (Å²) in [5.74, 6) is 0.214. The van der Waals surface area contributed by atoms with Gasteiger partial charge < -0.3 is 5.73 Å². The van der Waals surface area contributed by atoms with Gasteiger partial charge >= 0.3 is 0 Å². The van der Waals surface area contributed by atoms with Crippen LogP contribution in [0.1, 0.15) is 33.1 Å². The Balaban J connectivity index is 3.79.